The van der Waals surface area contributed by atoms with Gasteiger partial charge in [0.05, 0.1) is 11.0 Å². The molecule has 26 heavy (non-hydrogen) atoms. The number of nitrogens with one attached hydrogen (secondary N) is 2. The first kappa shape index (κ1) is 17.5. The normalized spacial score (nSPS) is 10.7. The van der Waals surface area contributed by atoms with E-state index in [2.05, 4.69) is 10.6 Å². The molecule has 0 spiro atoms. The van der Waals surface area contributed by atoms with Crippen molar-refractivity contribution in [1.82, 2.24) is 14.5 Å². The van der Waals surface area contributed by atoms with Gasteiger partial charge in [-0.05, 0) is 29.8 Å². The van der Waals surface area contributed by atoms with Crippen molar-refractivity contribution in [3.63, 3.8) is 0 Å². The second kappa shape index (κ2) is 7.26. The molecule has 0 aliphatic carbocycles. The van der Waals surface area contributed by atoms with E-state index in [1.165, 1.54) is 16.1 Å². The van der Waals surface area contributed by atoms with Gasteiger partial charge < -0.3 is 10.6 Å². The molecule has 0 saturated carbocycles. The lowest BCUT2D eigenvalue weighted by Crippen LogP contribution is -2.32. The maximum absolute atomic E-state index is 12.3. The summed E-state index contributed by atoms with van der Waals surface area (Å²) in [7, 11) is 1.69. The van der Waals surface area contributed by atoms with Crippen LogP contribution in [0.1, 0.15) is 12.5 Å². The predicted molar refractivity (Wildman–Crippen MR) is 99.8 cm³/mol. The van der Waals surface area contributed by atoms with Gasteiger partial charge in [-0.1, -0.05) is 24.3 Å². The molecule has 2 N–H and O–H groups in total. The lowest BCUT2D eigenvalue weighted by Gasteiger charge is -2.08. The quantitative estimate of drug-likeness (QED) is 0.732. The number of anilines is 1. The molecule has 0 atom stereocenters. The fraction of sp³-hybridized carbons (Fsp3) is 0.211. The summed E-state index contributed by atoms with van der Waals surface area (Å²) in [6.07, 6.45) is 0. The first-order valence-corrected chi connectivity index (χ1v) is 8.23. The molecular formula is C19H20N4O3. The highest BCUT2D eigenvalue weighted by molar-refractivity contribution is 5.88. The van der Waals surface area contributed by atoms with Gasteiger partial charge in [-0.25, -0.2) is 4.79 Å². The second-order valence-corrected chi connectivity index (χ2v) is 6.07. The van der Waals surface area contributed by atoms with Gasteiger partial charge in [-0.2, -0.15) is 0 Å². The molecule has 0 aliphatic rings. The highest BCUT2D eigenvalue weighted by Crippen LogP contribution is 2.12. The number of amides is 2. The van der Waals surface area contributed by atoms with Gasteiger partial charge in [0.15, 0.2) is 0 Å². The molecule has 0 aliphatic heterocycles. The van der Waals surface area contributed by atoms with Crippen LogP contribution >= 0.6 is 0 Å². The van der Waals surface area contributed by atoms with E-state index in [0.717, 1.165) is 16.6 Å². The molecule has 0 saturated heterocycles. The van der Waals surface area contributed by atoms with E-state index in [0.29, 0.717) is 12.2 Å². The lowest BCUT2D eigenvalue weighted by atomic mass is 10.2. The van der Waals surface area contributed by atoms with Crippen molar-refractivity contribution in [2.75, 3.05) is 5.32 Å². The van der Waals surface area contributed by atoms with Gasteiger partial charge in [0, 0.05) is 26.2 Å². The summed E-state index contributed by atoms with van der Waals surface area (Å²) in [6, 6.07) is 14.6. The molecule has 1 heterocycles. The molecule has 1 aromatic heterocycles. The van der Waals surface area contributed by atoms with Crippen LogP contribution in [0.25, 0.3) is 11.0 Å². The Morgan fingerprint density at radius 2 is 1.65 bits per heavy atom. The van der Waals surface area contributed by atoms with Crippen LogP contribution in [0, 0.1) is 0 Å². The molecule has 3 aromatic rings. The number of hydrogen-bond acceptors (Lipinski definition) is 3. The number of rotatable bonds is 5. The Hall–Kier alpha value is -3.35. The van der Waals surface area contributed by atoms with Crippen LogP contribution in [-0.4, -0.2) is 20.9 Å². The molecule has 7 nitrogen and oxygen atoms in total. The van der Waals surface area contributed by atoms with Crippen molar-refractivity contribution < 1.29 is 9.59 Å². The maximum atomic E-state index is 12.3. The predicted octanol–water partition coefficient (Wildman–Crippen LogP) is 1.61. The molecule has 3 rings (SSSR count). The molecule has 0 bridgehead atoms. The van der Waals surface area contributed by atoms with Crippen molar-refractivity contribution in [2.24, 2.45) is 7.05 Å². The number of benzene rings is 2. The van der Waals surface area contributed by atoms with Crippen molar-refractivity contribution in [3.05, 3.63) is 64.6 Å². The average molecular weight is 352 g/mol. The van der Waals surface area contributed by atoms with E-state index in [1.54, 1.807) is 19.2 Å². The van der Waals surface area contributed by atoms with Crippen LogP contribution < -0.4 is 16.3 Å². The Labute approximate surface area is 150 Å². The number of para-hydroxylation sites is 2. The van der Waals surface area contributed by atoms with E-state index < -0.39 is 0 Å². The first-order chi connectivity index (χ1) is 12.5. The second-order valence-electron chi connectivity index (χ2n) is 6.07. The maximum Gasteiger partial charge on any atom is 0.329 e. The van der Waals surface area contributed by atoms with Crippen LogP contribution in [0.5, 0.6) is 0 Å². The lowest BCUT2D eigenvalue weighted by molar-refractivity contribution is -0.121. The van der Waals surface area contributed by atoms with Crippen molar-refractivity contribution in [2.45, 2.75) is 20.0 Å². The summed E-state index contributed by atoms with van der Waals surface area (Å²) in [5.74, 6) is -0.374. The minimum absolute atomic E-state index is 0.0375. The zero-order valence-corrected chi connectivity index (χ0v) is 14.7. The molecule has 2 amide bonds. The highest BCUT2D eigenvalue weighted by Gasteiger charge is 2.12. The molecule has 134 valence electrons. The summed E-state index contributed by atoms with van der Waals surface area (Å²) in [5.41, 5.74) is 2.90. The summed E-state index contributed by atoms with van der Waals surface area (Å²) >= 11 is 0. The van der Waals surface area contributed by atoms with E-state index >= 15 is 0 Å². The number of nitrogens with zero attached hydrogens (tertiary/aromatic N) is 2. The minimum Gasteiger partial charge on any atom is -0.350 e. The standard InChI is InChI=1S/C19H20N4O3/c1-13(24)21-15-9-7-14(8-10-15)11-20-18(25)12-23-17-6-4-3-5-16(17)22(2)19(23)26/h3-10H,11-12H2,1-2H3,(H,20,25)(H,21,24). The number of hydrogen-bond donors (Lipinski definition) is 2. The number of carbonyl (C=O) groups excluding carboxylic acids is 2. The molecule has 2 aromatic carbocycles. The van der Waals surface area contributed by atoms with E-state index in [9.17, 15) is 14.4 Å². The fourth-order valence-corrected chi connectivity index (χ4v) is 2.83. The third-order valence-electron chi connectivity index (χ3n) is 4.12. The van der Waals surface area contributed by atoms with Crippen LogP contribution in [0.4, 0.5) is 5.69 Å². The smallest absolute Gasteiger partial charge is 0.329 e. The zero-order chi connectivity index (χ0) is 18.7. The van der Waals surface area contributed by atoms with Crippen LogP contribution in [0.3, 0.4) is 0 Å². The molecular weight excluding hydrogens is 332 g/mol. The highest BCUT2D eigenvalue weighted by atomic mass is 16.2. The molecule has 0 unspecified atom stereocenters. The molecule has 0 fully saturated rings. The van der Waals surface area contributed by atoms with Gasteiger partial charge in [-0.3, -0.25) is 18.7 Å². The third-order valence-corrected chi connectivity index (χ3v) is 4.12. The number of carbonyl (C=O) groups is 2. The molecule has 7 heteroatoms. The number of fused-ring (bicyclic) bond motifs is 1. The number of imidazole rings is 1. The van der Waals surface area contributed by atoms with Gasteiger partial charge in [0.1, 0.15) is 6.54 Å². The van der Waals surface area contributed by atoms with Gasteiger partial charge in [-0.15, -0.1) is 0 Å². The SMILES string of the molecule is CC(=O)Nc1ccc(CNC(=O)Cn2c(=O)n(C)c3ccccc32)cc1. The Kier molecular flexibility index (Phi) is 4.88. The monoisotopic (exact) mass is 352 g/mol. The molecule has 0 radical (unpaired) electrons. The summed E-state index contributed by atoms with van der Waals surface area (Å²) in [6.45, 7) is 1.76. The van der Waals surface area contributed by atoms with Crippen LogP contribution in [-0.2, 0) is 29.7 Å². The fourth-order valence-electron chi connectivity index (χ4n) is 2.83. The summed E-state index contributed by atoms with van der Waals surface area (Å²) in [5, 5.41) is 5.50. The largest absolute Gasteiger partial charge is 0.350 e. The summed E-state index contributed by atoms with van der Waals surface area (Å²) in [4.78, 5) is 35.6. The third kappa shape index (κ3) is 3.66. The number of aromatic nitrogens is 2. The Morgan fingerprint density at radius 1 is 1.00 bits per heavy atom. The zero-order valence-electron chi connectivity index (χ0n) is 14.7. The van der Waals surface area contributed by atoms with E-state index in [-0.39, 0.29) is 24.0 Å². The Balaban J connectivity index is 1.66. The van der Waals surface area contributed by atoms with Crippen LogP contribution in [0.15, 0.2) is 53.3 Å². The van der Waals surface area contributed by atoms with Gasteiger partial charge >= 0.3 is 5.69 Å². The first-order valence-electron chi connectivity index (χ1n) is 8.23. The Bertz CT molecular complexity index is 1020. The van der Waals surface area contributed by atoms with Crippen LogP contribution in [0.2, 0.25) is 0 Å². The van der Waals surface area contributed by atoms with Gasteiger partial charge in [0.2, 0.25) is 11.8 Å². The average Bonchev–Trinajstić information content (AvgIpc) is 2.86. The van der Waals surface area contributed by atoms with E-state index in [4.69, 9.17) is 0 Å². The van der Waals surface area contributed by atoms with Crippen molar-refractivity contribution in [3.8, 4) is 0 Å². The number of aryl methyl sites for hydroxylation is 1. The van der Waals surface area contributed by atoms with Crippen molar-refractivity contribution in [1.29, 1.82) is 0 Å². The topological polar surface area (TPSA) is 85.1 Å². The van der Waals surface area contributed by atoms with Crippen molar-refractivity contribution >= 4 is 28.5 Å². The Morgan fingerprint density at radius 3 is 2.31 bits per heavy atom. The van der Waals surface area contributed by atoms with Gasteiger partial charge in [0.25, 0.3) is 0 Å². The van der Waals surface area contributed by atoms with E-state index in [1.807, 2.05) is 36.4 Å². The summed E-state index contributed by atoms with van der Waals surface area (Å²) < 4.78 is 2.99. The minimum atomic E-state index is -0.241.